The van der Waals surface area contributed by atoms with Crippen LogP contribution >= 0.6 is 0 Å². The van der Waals surface area contributed by atoms with Crippen molar-refractivity contribution in [1.82, 2.24) is 0 Å². The zero-order valence-electron chi connectivity index (χ0n) is 9.62. The number of nitrogens with two attached hydrogens (primary N) is 1. The van der Waals surface area contributed by atoms with Gasteiger partial charge in [0.1, 0.15) is 0 Å². The molecule has 1 aromatic carbocycles. The van der Waals surface area contributed by atoms with Crippen molar-refractivity contribution in [2.75, 3.05) is 5.32 Å². The van der Waals surface area contributed by atoms with E-state index in [1.807, 2.05) is 19.1 Å². The first-order chi connectivity index (χ1) is 7.72. The van der Waals surface area contributed by atoms with Gasteiger partial charge >= 0.3 is 0 Å². The summed E-state index contributed by atoms with van der Waals surface area (Å²) < 4.78 is 0. The van der Waals surface area contributed by atoms with Crippen molar-refractivity contribution in [1.29, 1.82) is 0 Å². The Balaban J connectivity index is 2.20. The van der Waals surface area contributed by atoms with Gasteiger partial charge in [0.05, 0.1) is 0 Å². The first-order valence-corrected chi connectivity index (χ1v) is 5.89. The van der Waals surface area contributed by atoms with E-state index >= 15 is 0 Å². The molecular weight excluding hydrogens is 200 g/mol. The number of anilines is 1. The van der Waals surface area contributed by atoms with Crippen molar-refractivity contribution in [3.05, 3.63) is 29.3 Å². The average molecular weight is 218 g/mol. The molecule has 0 saturated carbocycles. The smallest absolute Gasteiger partial charge is 0.224 e. The lowest BCUT2D eigenvalue weighted by Crippen LogP contribution is -2.12. The van der Waals surface area contributed by atoms with Crippen molar-refractivity contribution in [2.45, 2.75) is 38.6 Å². The van der Waals surface area contributed by atoms with E-state index in [9.17, 15) is 4.79 Å². The Hall–Kier alpha value is -1.35. The molecule has 1 unspecified atom stereocenters. The minimum atomic E-state index is 0.0939. The number of rotatable bonds is 3. The van der Waals surface area contributed by atoms with Gasteiger partial charge in [-0.1, -0.05) is 19.1 Å². The largest absolute Gasteiger partial charge is 0.326 e. The molecule has 0 spiro atoms. The molecule has 0 heterocycles. The number of hydrogen-bond donors (Lipinski definition) is 2. The number of carbonyl (C=O) groups excluding carboxylic acids is 1. The first kappa shape index (κ1) is 11.1. The highest BCUT2D eigenvalue weighted by molar-refractivity contribution is 5.91. The van der Waals surface area contributed by atoms with Crippen LogP contribution in [-0.4, -0.2) is 5.91 Å². The molecule has 16 heavy (non-hydrogen) atoms. The Morgan fingerprint density at radius 3 is 3.12 bits per heavy atom. The van der Waals surface area contributed by atoms with Gasteiger partial charge in [-0.2, -0.15) is 0 Å². The van der Waals surface area contributed by atoms with Crippen molar-refractivity contribution in [3.63, 3.8) is 0 Å². The Labute approximate surface area is 96.0 Å². The summed E-state index contributed by atoms with van der Waals surface area (Å²) in [7, 11) is 0. The quantitative estimate of drug-likeness (QED) is 0.818. The minimum absolute atomic E-state index is 0.0939. The molecule has 1 aliphatic carbocycles. The molecule has 3 nitrogen and oxygen atoms in total. The SMILES string of the molecule is CCCC(=O)Nc1cccc2c1CCC2N. The fourth-order valence-electron chi connectivity index (χ4n) is 2.24. The summed E-state index contributed by atoms with van der Waals surface area (Å²) in [6, 6.07) is 6.12. The maximum absolute atomic E-state index is 11.6. The lowest BCUT2D eigenvalue weighted by atomic mass is 10.1. The maximum atomic E-state index is 11.6. The lowest BCUT2D eigenvalue weighted by Gasteiger charge is -2.10. The second-order valence-corrected chi connectivity index (χ2v) is 4.32. The molecule has 0 radical (unpaired) electrons. The number of fused-ring (bicyclic) bond motifs is 1. The van der Waals surface area contributed by atoms with E-state index in [4.69, 9.17) is 5.73 Å². The molecule has 1 aromatic rings. The topological polar surface area (TPSA) is 55.1 Å². The zero-order chi connectivity index (χ0) is 11.5. The van der Waals surface area contributed by atoms with E-state index in [1.54, 1.807) is 0 Å². The molecule has 3 N–H and O–H groups in total. The predicted molar refractivity (Wildman–Crippen MR) is 65.2 cm³/mol. The van der Waals surface area contributed by atoms with Crippen molar-refractivity contribution in [2.24, 2.45) is 5.73 Å². The van der Waals surface area contributed by atoms with Gasteiger partial charge < -0.3 is 11.1 Å². The summed E-state index contributed by atoms with van der Waals surface area (Å²) in [5.74, 6) is 0.0939. The second-order valence-electron chi connectivity index (χ2n) is 4.32. The molecule has 1 amide bonds. The summed E-state index contributed by atoms with van der Waals surface area (Å²) >= 11 is 0. The number of nitrogens with one attached hydrogen (secondary N) is 1. The van der Waals surface area contributed by atoms with Gasteiger partial charge in [0.2, 0.25) is 5.91 Å². The van der Waals surface area contributed by atoms with Gasteiger partial charge in [-0.3, -0.25) is 4.79 Å². The molecule has 0 bridgehead atoms. The van der Waals surface area contributed by atoms with Crippen LogP contribution in [0.15, 0.2) is 18.2 Å². The first-order valence-electron chi connectivity index (χ1n) is 5.89. The van der Waals surface area contributed by atoms with Gasteiger partial charge in [-0.15, -0.1) is 0 Å². The summed E-state index contributed by atoms with van der Waals surface area (Å²) in [4.78, 5) is 11.6. The fourth-order valence-corrected chi connectivity index (χ4v) is 2.24. The van der Waals surface area contributed by atoms with Crippen LogP contribution in [0.5, 0.6) is 0 Å². The number of benzene rings is 1. The van der Waals surface area contributed by atoms with Gasteiger partial charge in [0.25, 0.3) is 0 Å². The van der Waals surface area contributed by atoms with Gasteiger partial charge in [0.15, 0.2) is 0 Å². The Bertz CT molecular complexity index is 401. The highest BCUT2D eigenvalue weighted by atomic mass is 16.1. The van der Waals surface area contributed by atoms with Crippen LogP contribution in [0.1, 0.15) is 43.4 Å². The van der Waals surface area contributed by atoms with Crippen LogP contribution < -0.4 is 11.1 Å². The number of hydrogen-bond acceptors (Lipinski definition) is 2. The molecule has 1 aliphatic rings. The minimum Gasteiger partial charge on any atom is -0.326 e. The standard InChI is InChI=1S/C13H18N2O/c1-2-4-13(16)15-12-6-3-5-9-10(12)7-8-11(9)14/h3,5-6,11H,2,4,7-8,14H2,1H3,(H,15,16). The van der Waals surface area contributed by atoms with Crippen molar-refractivity contribution < 1.29 is 4.79 Å². The van der Waals surface area contributed by atoms with Gasteiger partial charge in [-0.25, -0.2) is 0 Å². The van der Waals surface area contributed by atoms with Gasteiger partial charge in [-0.05, 0) is 36.5 Å². The van der Waals surface area contributed by atoms with Gasteiger partial charge in [0, 0.05) is 18.2 Å². The molecule has 0 aliphatic heterocycles. The second kappa shape index (κ2) is 4.66. The predicted octanol–water partition coefficient (Wildman–Crippen LogP) is 2.37. The normalized spacial score (nSPS) is 18.2. The fraction of sp³-hybridized carbons (Fsp3) is 0.462. The van der Waals surface area contributed by atoms with Crippen LogP contribution in [0.2, 0.25) is 0 Å². The van der Waals surface area contributed by atoms with Crippen molar-refractivity contribution in [3.8, 4) is 0 Å². The van der Waals surface area contributed by atoms with E-state index in [0.717, 1.165) is 24.9 Å². The molecule has 1 atom stereocenters. The third-order valence-corrected chi connectivity index (χ3v) is 3.07. The monoisotopic (exact) mass is 218 g/mol. The summed E-state index contributed by atoms with van der Waals surface area (Å²) in [6.07, 6.45) is 3.41. The maximum Gasteiger partial charge on any atom is 0.224 e. The van der Waals surface area contributed by atoms with E-state index in [1.165, 1.54) is 11.1 Å². The molecular formula is C13H18N2O. The highest BCUT2D eigenvalue weighted by Crippen LogP contribution is 2.34. The highest BCUT2D eigenvalue weighted by Gasteiger charge is 2.21. The summed E-state index contributed by atoms with van der Waals surface area (Å²) in [5, 5.41) is 2.97. The van der Waals surface area contributed by atoms with E-state index in [2.05, 4.69) is 11.4 Å². The molecule has 3 heteroatoms. The Kier molecular flexibility index (Phi) is 3.25. The number of carbonyl (C=O) groups is 1. The van der Waals surface area contributed by atoms with Crippen LogP contribution in [0.4, 0.5) is 5.69 Å². The Morgan fingerprint density at radius 1 is 1.56 bits per heavy atom. The van der Waals surface area contributed by atoms with Crippen molar-refractivity contribution >= 4 is 11.6 Å². The third kappa shape index (κ3) is 2.09. The Morgan fingerprint density at radius 2 is 2.38 bits per heavy atom. The molecule has 0 aromatic heterocycles. The van der Waals surface area contributed by atoms with E-state index < -0.39 is 0 Å². The molecule has 2 rings (SSSR count). The van der Waals surface area contributed by atoms with E-state index in [-0.39, 0.29) is 11.9 Å². The molecule has 0 fully saturated rings. The molecule has 0 saturated heterocycles. The third-order valence-electron chi connectivity index (χ3n) is 3.07. The van der Waals surface area contributed by atoms with Crippen LogP contribution in [0.25, 0.3) is 0 Å². The van der Waals surface area contributed by atoms with Crippen LogP contribution in [0.3, 0.4) is 0 Å². The summed E-state index contributed by atoms with van der Waals surface area (Å²) in [5.41, 5.74) is 9.35. The van der Waals surface area contributed by atoms with Crippen LogP contribution in [-0.2, 0) is 11.2 Å². The molecule has 86 valence electrons. The number of amides is 1. The zero-order valence-corrected chi connectivity index (χ0v) is 9.62. The lowest BCUT2D eigenvalue weighted by molar-refractivity contribution is -0.116. The van der Waals surface area contributed by atoms with E-state index in [0.29, 0.717) is 6.42 Å². The van der Waals surface area contributed by atoms with Crippen LogP contribution in [0, 0.1) is 0 Å². The summed E-state index contributed by atoms with van der Waals surface area (Å²) in [6.45, 7) is 2.00. The average Bonchev–Trinajstić information content (AvgIpc) is 2.62.